The van der Waals surface area contributed by atoms with E-state index in [0.29, 0.717) is 12.1 Å². The van der Waals surface area contributed by atoms with Crippen molar-refractivity contribution in [3.05, 3.63) is 28.8 Å². The SMILES string of the molecule is CNCCCNC(=O)c1ccc(O)c(Cl)c1. The molecule has 0 aliphatic rings. The van der Waals surface area contributed by atoms with Crippen LogP contribution in [0.5, 0.6) is 5.75 Å². The Labute approximate surface area is 99.6 Å². The predicted octanol–water partition coefficient (Wildman–Crippen LogP) is 1.38. The second-order valence-electron chi connectivity index (χ2n) is 3.38. The van der Waals surface area contributed by atoms with Gasteiger partial charge >= 0.3 is 0 Å². The quantitative estimate of drug-likeness (QED) is 0.684. The van der Waals surface area contributed by atoms with Gasteiger partial charge < -0.3 is 15.7 Å². The Morgan fingerprint density at radius 3 is 2.81 bits per heavy atom. The molecule has 16 heavy (non-hydrogen) atoms. The predicted molar refractivity (Wildman–Crippen MR) is 64.0 cm³/mol. The van der Waals surface area contributed by atoms with E-state index in [4.69, 9.17) is 11.6 Å². The van der Waals surface area contributed by atoms with Crippen molar-refractivity contribution in [3.8, 4) is 5.75 Å². The monoisotopic (exact) mass is 242 g/mol. The third kappa shape index (κ3) is 3.72. The van der Waals surface area contributed by atoms with Crippen molar-refractivity contribution in [1.29, 1.82) is 0 Å². The second-order valence-corrected chi connectivity index (χ2v) is 3.79. The Balaban J connectivity index is 2.50. The molecule has 0 aliphatic heterocycles. The van der Waals surface area contributed by atoms with E-state index < -0.39 is 0 Å². The maximum Gasteiger partial charge on any atom is 0.251 e. The van der Waals surface area contributed by atoms with Crippen molar-refractivity contribution >= 4 is 17.5 Å². The summed E-state index contributed by atoms with van der Waals surface area (Å²) in [4.78, 5) is 11.6. The molecule has 0 saturated carbocycles. The fourth-order valence-corrected chi connectivity index (χ4v) is 1.40. The minimum atomic E-state index is -0.182. The molecule has 4 nitrogen and oxygen atoms in total. The second kappa shape index (κ2) is 6.35. The highest BCUT2D eigenvalue weighted by molar-refractivity contribution is 6.32. The van der Waals surface area contributed by atoms with E-state index in [2.05, 4.69) is 10.6 Å². The summed E-state index contributed by atoms with van der Waals surface area (Å²) in [6.45, 7) is 1.47. The van der Waals surface area contributed by atoms with E-state index in [-0.39, 0.29) is 16.7 Å². The number of nitrogens with one attached hydrogen (secondary N) is 2. The highest BCUT2D eigenvalue weighted by atomic mass is 35.5. The van der Waals surface area contributed by atoms with E-state index in [1.165, 1.54) is 18.2 Å². The molecule has 0 radical (unpaired) electrons. The van der Waals surface area contributed by atoms with E-state index in [1.807, 2.05) is 7.05 Å². The Morgan fingerprint density at radius 1 is 1.44 bits per heavy atom. The number of amides is 1. The molecule has 0 fully saturated rings. The molecule has 88 valence electrons. The van der Waals surface area contributed by atoms with Crippen LogP contribution in [0, 0.1) is 0 Å². The lowest BCUT2D eigenvalue weighted by atomic mass is 10.2. The lowest BCUT2D eigenvalue weighted by Crippen LogP contribution is -2.26. The van der Waals surface area contributed by atoms with Crippen LogP contribution >= 0.6 is 11.6 Å². The summed E-state index contributed by atoms with van der Waals surface area (Å²) in [6, 6.07) is 4.39. The summed E-state index contributed by atoms with van der Waals surface area (Å²) >= 11 is 5.70. The zero-order valence-corrected chi connectivity index (χ0v) is 9.84. The Bertz CT molecular complexity index is 369. The van der Waals surface area contributed by atoms with E-state index in [1.54, 1.807) is 0 Å². The first kappa shape index (κ1) is 12.8. The van der Waals surface area contributed by atoms with E-state index in [9.17, 15) is 9.90 Å². The van der Waals surface area contributed by atoms with Gasteiger partial charge in [0.2, 0.25) is 0 Å². The van der Waals surface area contributed by atoms with Crippen LogP contribution in [0.25, 0.3) is 0 Å². The van der Waals surface area contributed by atoms with Gasteiger partial charge in [0.05, 0.1) is 5.02 Å². The Hall–Kier alpha value is -1.26. The molecule has 3 N–H and O–H groups in total. The number of halogens is 1. The Morgan fingerprint density at radius 2 is 2.19 bits per heavy atom. The van der Waals surface area contributed by atoms with Crippen LogP contribution in [0.15, 0.2) is 18.2 Å². The number of hydrogen-bond donors (Lipinski definition) is 3. The third-order valence-electron chi connectivity index (χ3n) is 2.10. The summed E-state index contributed by atoms with van der Waals surface area (Å²) in [5.41, 5.74) is 0.451. The summed E-state index contributed by atoms with van der Waals surface area (Å²) in [5.74, 6) is -0.202. The van der Waals surface area contributed by atoms with Crippen LogP contribution in [-0.4, -0.2) is 31.2 Å². The lowest BCUT2D eigenvalue weighted by Gasteiger charge is -2.05. The minimum absolute atomic E-state index is 0.0200. The van der Waals surface area contributed by atoms with Gasteiger partial charge in [-0.05, 0) is 38.2 Å². The molecule has 1 rings (SSSR count). The van der Waals surface area contributed by atoms with Gasteiger partial charge in [-0.1, -0.05) is 11.6 Å². The molecular weight excluding hydrogens is 228 g/mol. The zero-order chi connectivity index (χ0) is 12.0. The average Bonchev–Trinajstić information content (AvgIpc) is 2.28. The zero-order valence-electron chi connectivity index (χ0n) is 9.09. The van der Waals surface area contributed by atoms with Crippen molar-refractivity contribution in [2.75, 3.05) is 20.1 Å². The molecule has 0 saturated heterocycles. The van der Waals surface area contributed by atoms with Gasteiger partial charge in [-0.15, -0.1) is 0 Å². The average molecular weight is 243 g/mol. The van der Waals surface area contributed by atoms with E-state index >= 15 is 0 Å². The summed E-state index contributed by atoms with van der Waals surface area (Å²) in [7, 11) is 1.86. The van der Waals surface area contributed by atoms with Crippen LogP contribution in [0.3, 0.4) is 0 Å². The molecule has 0 spiro atoms. The van der Waals surface area contributed by atoms with Crippen molar-refractivity contribution in [3.63, 3.8) is 0 Å². The van der Waals surface area contributed by atoms with Crippen molar-refractivity contribution < 1.29 is 9.90 Å². The molecule has 0 unspecified atom stereocenters. The molecule has 1 aromatic carbocycles. The number of benzene rings is 1. The Kier molecular flexibility index (Phi) is 5.08. The first-order valence-electron chi connectivity index (χ1n) is 5.06. The fraction of sp³-hybridized carbons (Fsp3) is 0.364. The van der Waals surface area contributed by atoms with Crippen LogP contribution < -0.4 is 10.6 Å². The smallest absolute Gasteiger partial charge is 0.251 e. The lowest BCUT2D eigenvalue weighted by molar-refractivity contribution is 0.0953. The van der Waals surface area contributed by atoms with Crippen LogP contribution in [0.2, 0.25) is 5.02 Å². The molecule has 0 atom stereocenters. The molecule has 0 aliphatic carbocycles. The van der Waals surface area contributed by atoms with Gasteiger partial charge in [-0.25, -0.2) is 0 Å². The third-order valence-corrected chi connectivity index (χ3v) is 2.40. The standard InChI is InChI=1S/C11H15ClN2O2/c1-13-5-2-6-14-11(16)8-3-4-10(15)9(12)7-8/h3-4,7,13,15H,2,5-6H2,1H3,(H,14,16). The van der Waals surface area contributed by atoms with E-state index in [0.717, 1.165) is 13.0 Å². The molecule has 0 bridgehead atoms. The van der Waals surface area contributed by atoms with Gasteiger partial charge in [0.25, 0.3) is 5.91 Å². The summed E-state index contributed by atoms with van der Waals surface area (Å²) in [5, 5.41) is 15.1. The summed E-state index contributed by atoms with van der Waals surface area (Å²) < 4.78 is 0. The van der Waals surface area contributed by atoms with Crippen LogP contribution in [-0.2, 0) is 0 Å². The normalized spacial score (nSPS) is 10.1. The van der Waals surface area contributed by atoms with Gasteiger partial charge in [0.15, 0.2) is 0 Å². The van der Waals surface area contributed by atoms with Gasteiger partial charge in [-0.2, -0.15) is 0 Å². The van der Waals surface area contributed by atoms with Crippen LogP contribution in [0.1, 0.15) is 16.8 Å². The topological polar surface area (TPSA) is 61.4 Å². The summed E-state index contributed by atoms with van der Waals surface area (Å²) in [6.07, 6.45) is 0.869. The number of rotatable bonds is 5. The first-order valence-corrected chi connectivity index (χ1v) is 5.44. The molecule has 1 amide bonds. The largest absolute Gasteiger partial charge is 0.506 e. The highest BCUT2D eigenvalue weighted by Crippen LogP contribution is 2.23. The highest BCUT2D eigenvalue weighted by Gasteiger charge is 2.07. The number of hydrogen-bond acceptors (Lipinski definition) is 3. The number of phenolic OH excluding ortho intramolecular Hbond substituents is 1. The molecule has 0 heterocycles. The number of aromatic hydroxyl groups is 1. The van der Waals surface area contributed by atoms with Gasteiger partial charge in [0, 0.05) is 12.1 Å². The molecular formula is C11H15ClN2O2. The number of phenols is 1. The molecule has 0 aromatic heterocycles. The number of carbonyl (C=O) groups excluding carboxylic acids is 1. The van der Waals surface area contributed by atoms with Crippen molar-refractivity contribution in [2.24, 2.45) is 0 Å². The van der Waals surface area contributed by atoms with Crippen molar-refractivity contribution in [2.45, 2.75) is 6.42 Å². The maximum absolute atomic E-state index is 11.6. The maximum atomic E-state index is 11.6. The van der Waals surface area contributed by atoms with Crippen LogP contribution in [0.4, 0.5) is 0 Å². The van der Waals surface area contributed by atoms with Crippen molar-refractivity contribution in [1.82, 2.24) is 10.6 Å². The van der Waals surface area contributed by atoms with Gasteiger partial charge in [0.1, 0.15) is 5.75 Å². The first-order chi connectivity index (χ1) is 7.65. The fourth-order valence-electron chi connectivity index (χ4n) is 1.22. The minimum Gasteiger partial charge on any atom is -0.506 e. The van der Waals surface area contributed by atoms with Gasteiger partial charge in [-0.3, -0.25) is 4.79 Å². The number of carbonyl (C=O) groups is 1. The molecule has 1 aromatic rings. The molecule has 5 heteroatoms.